The number of sulfonamides is 1. The van der Waals surface area contributed by atoms with Gasteiger partial charge >= 0.3 is 6.61 Å². The number of aryl methyl sites for hydroxylation is 2. The van der Waals surface area contributed by atoms with Gasteiger partial charge in [-0.15, -0.1) is 0 Å². The predicted octanol–water partition coefficient (Wildman–Crippen LogP) is 2.81. The first-order valence-corrected chi connectivity index (χ1v) is 9.94. The molecule has 27 heavy (non-hydrogen) atoms. The van der Waals surface area contributed by atoms with Crippen molar-refractivity contribution in [1.29, 1.82) is 0 Å². The molecule has 6 nitrogen and oxygen atoms in total. The van der Waals surface area contributed by atoms with Crippen molar-refractivity contribution in [3.05, 3.63) is 47.7 Å². The van der Waals surface area contributed by atoms with Crippen LogP contribution in [-0.2, 0) is 10.0 Å². The number of ether oxygens (including phenoxy) is 1. The molecule has 0 amide bonds. The van der Waals surface area contributed by atoms with Gasteiger partial charge in [0, 0.05) is 26.2 Å². The molecular weight excluding hydrogens is 376 g/mol. The first kappa shape index (κ1) is 19.5. The van der Waals surface area contributed by atoms with Gasteiger partial charge in [-0.2, -0.15) is 13.1 Å². The van der Waals surface area contributed by atoms with Crippen LogP contribution >= 0.6 is 0 Å². The van der Waals surface area contributed by atoms with Crippen LogP contribution in [0.4, 0.5) is 14.6 Å². The smallest absolute Gasteiger partial charge is 0.387 e. The van der Waals surface area contributed by atoms with Crippen LogP contribution in [0.25, 0.3) is 0 Å². The summed E-state index contributed by atoms with van der Waals surface area (Å²) in [5.74, 6) is 0.588. The molecule has 1 fully saturated rings. The number of anilines is 1. The van der Waals surface area contributed by atoms with Crippen molar-refractivity contribution < 1.29 is 21.9 Å². The molecule has 3 rings (SSSR count). The number of rotatable bonds is 5. The molecule has 0 saturated carbocycles. The average molecular weight is 397 g/mol. The van der Waals surface area contributed by atoms with E-state index in [1.807, 2.05) is 17.9 Å². The van der Waals surface area contributed by atoms with Crippen molar-refractivity contribution >= 4 is 15.8 Å². The summed E-state index contributed by atoms with van der Waals surface area (Å²) in [5, 5.41) is 0. The van der Waals surface area contributed by atoms with E-state index in [0.29, 0.717) is 36.9 Å². The Morgan fingerprint density at radius 2 is 1.78 bits per heavy atom. The number of aromatic nitrogens is 1. The number of hydrogen-bond acceptors (Lipinski definition) is 5. The molecule has 0 atom stereocenters. The standard InChI is InChI=1S/C18H21F2N3O3S/c1-13-3-5-16(14(2)11-13)27(24,25)23-9-7-22(8-10-23)17-6-4-15(12-21-17)26-18(19)20/h3-6,11-12,18H,7-10H2,1-2H3. The maximum absolute atomic E-state index is 12.9. The summed E-state index contributed by atoms with van der Waals surface area (Å²) in [6.07, 6.45) is 1.24. The number of benzene rings is 1. The van der Waals surface area contributed by atoms with Gasteiger partial charge in [-0.05, 0) is 37.6 Å². The zero-order valence-electron chi connectivity index (χ0n) is 15.1. The molecule has 1 aliphatic rings. The first-order chi connectivity index (χ1) is 12.8. The topological polar surface area (TPSA) is 62.7 Å². The van der Waals surface area contributed by atoms with Crippen LogP contribution in [0.15, 0.2) is 41.4 Å². The normalized spacial score (nSPS) is 16.0. The summed E-state index contributed by atoms with van der Waals surface area (Å²) in [6, 6.07) is 8.31. The summed E-state index contributed by atoms with van der Waals surface area (Å²) in [5.41, 5.74) is 1.75. The Hall–Kier alpha value is -2.26. The third kappa shape index (κ3) is 4.36. The number of alkyl halides is 2. The van der Waals surface area contributed by atoms with E-state index in [0.717, 1.165) is 11.1 Å². The van der Waals surface area contributed by atoms with Crippen molar-refractivity contribution in [1.82, 2.24) is 9.29 Å². The van der Waals surface area contributed by atoms with Crippen molar-refractivity contribution in [2.24, 2.45) is 0 Å². The van der Waals surface area contributed by atoms with Gasteiger partial charge in [0.1, 0.15) is 11.6 Å². The van der Waals surface area contributed by atoms with Crippen LogP contribution in [0.2, 0.25) is 0 Å². The van der Waals surface area contributed by atoms with Gasteiger partial charge in [0.15, 0.2) is 0 Å². The lowest BCUT2D eigenvalue weighted by Gasteiger charge is -2.35. The van der Waals surface area contributed by atoms with Crippen LogP contribution in [0.3, 0.4) is 0 Å². The Morgan fingerprint density at radius 1 is 1.07 bits per heavy atom. The third-order valence-electron chi connectivity index (χ3n) is 4.46. The Kier molecular flexibility index (Phi) is 5.61. The number of piperazine rings is 1. The minimum absolute atomic E-state index is 0.00944. The molecule has 0 radical (unpaired) electrons. The van der Waals surface area contributed by atoms with Gasteiger partial charge in [0.05, 0.1) is 11.1 Å². The van der Waals surface area contributed by atoms with E-state index < -0.39 is 16.6 Å². The highest BCUT2D eigenvalue weighted by Crippen LogP contribution is 2.24. The Labute approximate surface area is 157 Å². The van der Waals surface area contributed by atoms with Crippen molar-refractivity contribution in [2.45, 2.75) is 25.4 Å². The number of halogens is 2. The lowest BCUT2D eigenvalue weighted by molar-refractivity contribution is -0.0500. The van der Waals surface area contributed by atoms with E-state index in [-0.39, 0.29) is 5.75 Å². The average Bonchev–Trinajstić information content (AvgIpc) is 2.61. The summed E-state index contributed by atoms with van der Waals surface area (Å²) in [7, 11) is -3.55. The molecule has 1 saturated heterocycles. The SMILES string of the molecule is Cc1ccc(S(=O)(=O)N2CCN(c3ccc(OC(F)F)cn3)CC2)c(C)c1. The molecule has 0 spiro atoms. The molecule has 1 aromatic heterocycles. The van der Waals surface area contributed by atoms with E-state index in [2.05, 4.69) is 9.72 Å². The lowest BCUT2D eigenvalue weighted by Crippen LogP contribution is -2.49. The lowest BCUT2D eigenvalue weighted by atomic mass is 10.2. The Bertz CT molecular complexity index is 897. The molecule has 0 unspecified atom stereocenters. The molecular formula is C18H21F2N3O3S. The van der Waals surface area contributed by atoms with Crippen molar-refractivity contribution in [3.63, 3.8) is 0 Å². The third-order valence-corrected chi connectivity index (χ3v) is 6.52. The van der Waals surface area contributed by atoms with Crippen molar-refractivity contribution in [2.75, 3.05) is 31.1 Å². The van der Waals surface area contributed by atoms with E-state index in [9.17, 15) is 17.2 Å². The van der Waals surface area contributed by atoms with E-state index in [1.54, 1.807) is 25.1 Å². The Balaban J connectivity index is 1.67. The molecule has 0 aliphatic carbocycles. The molecule has 146 valence electrons. The molecule has 1 aliphatic heterocycles. The second-order valence-corrected chi connectivity index (χ2v) is 8.30. The minimum Gasteiger partial charge on any atom is -0.433 e. The highest BCUT2D eigenvalue weighted by molar-refractivity contribution is 7.89. The zero-order chi connectivity index (χ0) is 19.6. The monoisotopic (exact) mass is 397 g/mol. The van der Waals surface area contributed by atoms with Crippen LogP contribution in [-0.4, -0.2) is 50.5 Å². The van der Waals surface area contributed by atoms with Crippen LogP contribution in [0, 0.1) is 13.8 Å². The van der Waals surface area contributed by atoms with Gasteiger partial charge in [-0.25, -0.2) is 13.4 Å². The number of pyridine rings is 1. The molecule has 9 heteroatoms. The molecule has 2 heterocycles. The molecule has 0 N–H and O–H groups in total. The summed E-state index contributed by atoms with van der Waals surface area (Å²) in [4.78, 5) is 6.37. The second kappa shape index (κ2) is 7.77. The largest absolute Gasteiger partial charge is 0.433 e. The first-order valence-electron chi connectivity index (χ1n) is 8.50. The quantitative estimate of drug-likeness (QED) is 0.776. The molecule has 1 aromatic carbocycles. The van der Waals surface area contributed by atoms with Gasteiger partial charge in [0.2, 0.25) is 10.0 Å². The summed E-state index contributed by atoms with van der Waals surface area (Å²) < 4.78 is 56.0. The van der Waals surface area contributed by atoms with Gasteiger partial charge in [-0.1, -0.05) is 17.7 Å². The maximum Gasteiger partial charge on any atom is 0.387 e. The molecule has 2 aromatic rings. The minimum atomic E-state index is -3.55. The van der Waals surface area contributed by atoms with Gasteiger partial charge in [0.25, 0.3) is 0 Å². The second-order valence-electron chi connectivity index (χ2n) is 6.39. The highest BCUT2D eigenvalue weighted by atomic mass is 32.2. The van der Waals surface area contributed by atoms with Gasteiger partial charge < -0.3 is 9.64 Å². The highest BCUT2D eigenvalue weighted by Gasteiger charge is 2.30. The van der Waals surface area contributed by atoms with Crippen LogP contribution in [0.5, 0.6) is 5.75 Å². The summed E-state index contributed by atoms with van der Waals surface area (Å²) >= 11 is 0. The fourth-order valence-corrected chi connectivity index (χ4v) is 4.75. The van der Waals surface area contributed by atoms with E-state index in [4.69, 9.17) is 0 Å². The van der Waals surface area contributed by atoms with Crippen LogP contribution in [0.1, 0.15) is 11.1 Å². The molecule has 0 bridgehead atoms. The fourth-order valence-electron chi connectivity index (χ4n) is 3.12. The van der Waals surface area contributed by atoms with Crippen LogP contribution < -0.4 is 9.64 Å². The van der Waals surface area contributed by atoms with E-state index in [1.165, 1.54) is 16.6 Å². The maximum atomic E-state index is 12.9. The summed E-state index contributed by atoms with van der Waals surface area (Å²) in [6.45, 7) is 2.41. The number of hydrogen-bond donors (Lipinski definition) is 0. The van der Waals surface area contributed by atoms with E-state index >= 15 is 0 Å². The van der Waals surface area contributed by atoms with Crippen molar-refractivity contribution in [3.8, 4) is 5.75 Å². The van der Waals surface area contributed by atoms with Gasteiger partial charge in [-0.3, -0.25) is 0 Å². The number of nitrogens with zero attached hydrogens (tertiary/aromatic N) is 3. The predicted molar refractivity (Wildman–Crippen MR) is 97.8 cm³/mol. The fraction of sp³-hybridized carbons (Fsp3) is 0.389. The Morgan fingerprint density at radius 3 is 2.33 bits per heavy atom. The zero-order valence-corrected chi connectivity index (χ0v) is 15.9.